The first-order valence-electron chi connectivity index (χ1n) is 11.4. The van der Waals surface area contributed by atoms with Crippen molar-refractivity contribution in [3.05, 3.63) is 34.9 Å². The summed E-state index contributed by atoms with van der Waals surface area (Å²) in [7, 11) is 0. The van der Waals surface area contributed by atoms with Crippen LogP contribution in [0.4, 0.5) is 0 Å². The van der Waals surface area contributed by atoms with E-state index in [1.165, 1.54) is 17.5 Å². The van der Waals surface area contributed by atoms with Crippen LogP contribution in [0.1, 0.15) is 69.1 Å². The van der Waals surface area contributed by atoms with E-state index < -0.39 is 28.7 Å². The number of thiol groups is 1. The molecule has 1 aromatic rings. The predicted molar refractivity (Wildman–Crippen MR) is 123 cm³/mol. The Morgan fingerprint density at radius 1 is 1.06 bits per heavy atom. The quantitative estimate of drug-likeness (QED) is 0.462. The van der Waals surface area contributed by atoms with E-state index in [4.69, 9.17) is 0 Å². The molecule has 2 amide bonds. The van der Waals surface area contributed by atoms with E-state index in [-0.39, 0.29) is 18.2 Å². The van der Waals surface area contributed by atoms with Crippen LogP contribution in [0.3, 0.4) is 0 Å². The highest BCUT2D eigenvalue weighted by atomic mass is 32.1. The van der Waals surface area contributed by atoms with Gasteiger partial charge >= 0.3 is 5.97 Å². The van der Waals surface area contributed by atoms with E-state index in [1.54, 1.807) is 0 Å². The number of carboxylic acid groups (broad SMARTS) is 1. The van der Waals surface area contributed by atoms with Crippen molar-refractivity contribution in [1.29, 1.82) is 0 Å². The molecule has 0 saturated heterocycles. The summed E-state index contributed by atoms with van der Waals surface area (Å²) in [6, 6.07) is 5.09. The molecule has 0 bridgehead atoms. The summed E-state index contributed by atoms with van der Waals surface area (Å²) in [4.78, 5) is 37.8. The SMILES string of the molecule is CC(C)[C@@H](S)C(=O)NC1(C(=O)N[C@H](Cc2ccc3c(c2)CCCC3)C(=O)O)CCCC1. The van der Waals surface area contributed by atoms with Gasteiger partial charge in [0.15, 0.2) is 0 Å². The third-order valence-electron chi connectivity index (χ3n) is 6.61. The molecule has 3 rings (SSSR count). The number of aliphatic carboxylic acids is 1. The second-order valence-corrected chi connectivity index (χ2v) is 9.90. The summed E-state index contributed by atoms with van der Waals surface area (Å²) in [6.07, 6.45) is 7.30. The van der Waals surface area contributed by atoms with Gasteiger partial charge in [-0.1, -0.05) is 44.9 Å². The molecule has 0 radical (unpaired) electrons. The van der Waals surface area contributed by atoms with E-state index in [9.17, 15) is 19.5 Å². The number of amides is 2. The van der Waals surface area contributed by atoms with Crippen molar-refractivity contribution < 1.29 is 19.5 Å². The van der Waals surface area contributed by atoms with Crippen LogP contribution in [0.25, 0.3) is 0 Å². The summed E-state index contributed by atoms with van der Waals surface area (Å²) in [5.74, 6) is -1.73. The smallest absolute Gasteiger partial charge is 0.326 e. The van der Waals surface area contributed by atoms with Gasteiger partial charge in [0.05, 0.1) is 5.25 Å². The second kappa shape index (κ2) is 10.1. The molecule has 6 nitrogen and oxygen atoms in total. The lowest BCUT2D eigenvalue weighted by Crippen LogP contribution is -2.61. The molecule has 2 atom stereocenters. The van der Waals surface area contributed by atoms with Crippen molar-refractivity contribution in [2.24, 2.45) is 5.92 Å². The zero-order valence-electron chi connectivity index (χ0n) is 18.4. The van der Waals surface area contributed by atoms with Crippen molar-refractivity contribution in [3.8, 4) is 0 Å². The first kappa shape index (κ1) is 23.6. The molecular weight excluding hydrogens is 412 g/mol. The number of carbonyl (C=O) groups is 3. The van der Waals surface area contributed by atoms with E-state index >= 15 is 0 Å². The van der Waals surface area contributed by atoms with Gasteiger partial charge in [-0.15, -0.1) is 0 Å². The molecule has 2 aliphatic rings. The van der Waals surface area contributed by atoms with Crippen molar-refractivity contribution >= 4 is 30.4 Å². The summed E-state index contributed by atoms with van der Waals surface area (Å²) in [5.41, 5.74) is 2.47. The molecular formula is C24H34N2O4S. The normalized spacial score (nSPS) is 19.4. The number of rotatable bonds is 8. The molecule has 1 saturated carbocycles. The number of carboxylic acids is 1. The van der Waals surface area contributed by atoms with Crippen LogP contribution < -0.4 is 10.6 Å². The van der Waals surface area contributed by atoms with Gasteiger partial charge in [-0.25, -0.2) is 4.79 Å². The number of aryl methyl sites for hydroxylation is 2. The Balaban J connectivity index is 1.72. The molecule has 2 aliphatic carbocycles. The molecule has 0 aliphatic heterocycles. The maximum absolute atomic E-state index is 13.2. The summed E-state index contributed by atoms with van der Waals surface area (Å²) in [5, 5.41) is 14.9. The van der Waals surface area contributed by atoms with Gasteiger partial charge in [0.2, 0.25) is 11.8 Å². The topological polar surface area (TPSA) is 95.5 Å². The highest BCUT2D eigenvalue weighted by Gasteiger charge is 2.44. The van der Waals surface area contributed by atoms with Gasteiger partial charge < -0.3 is 15.7 Å². The highest BCUT2D eigenvalue weighted by Crippen LogP contribution is 2.31. The van der Waals surface area contributed by atoms with Crippen LogP contribution in [0.15, 0.2) is 18.2 Å². The Bertz CT molecular complexity index is 833. The number of hydrogen-bond acceptors (Lipinski definition) is 4. The third kappa shape index (κ3) is 5.62. The zero-order chi connectivity index (χ0) is 22.6. The molecule has 0 aromatic heterocycles. The molecule has 170 valence electrons. The average Bonchev–Trinajstić information content (AvgIpc) is 3.22. The van der Waals surface area contributed by atoms with E-state index in [0.717, 1.165) is 37.7 Å². The fourth-order valence-corrected chi connectivity index (χ4v) is 4.71. The lowest BCUT2D eigenvalue weighted by Gasteiger charge is -2.32. The second-order valence-electron chi connectivity index (χ2n) is 9.35. The van der Waals surface area contributed by atoms with Gasteiger partial charge in [-0.05, 0) is 61.1 Å². The molecule has 31 heavy (non-hydrogen) atoms. The number of benzene rings is 1. The lowest BCUT2D eigenvalue weighted by atomic mass is 9.89. The summed E-state index contributed by atoms with van der Waals surface area (Å²) in [6.45, 7) is 3.80. The van der Waals surface area contributed by atoms with E-state index in [0.29, 0.717) is 12.8 Å². The van der Waals surface area contributed by atoms with Crippen molar-refractivity contribution in [2.45, 2.75) is 88.5 Å². The largest absolute Gasteiger partial charge is 0.480 e. The van der Waals surface area contributed by atoms with Crippen molar-refractivity contribution in [3.63, 3.8) is 0 Å². The van der Waals surface area contributed by atoms with Crippen LogP contribution in [0.2, 0.25) is 0 Å². The van der Waals surface area contributed by atoms with Gasteiger partial charge in [0, 0.05) is 6.42 Å². The zero-order valence-corrected chi connectivity index (χ0v) is 19.3. The molecule has 7 heteroatoms. The van der Waals surface area contributed by atoms with Crippen molar-refractivity contribution in [1.82, 2.24) is 10.6 Å². The van der Waals surface area contributed by atoms with Crippen LogP contribution >= 0.6 is 12.6 Å². The standard InChI is InChI=1S/C24H34N2O4S/c1-15(2)20(31)21(27)26-24(11-5-6-12-24)23(30)25-19(22(28)29)14-16-9-10-17-7-3-4-8-18(17)13-16/h9-10,13,15,19-20,31H,3-8,11-12,14H2,1-2H3,(H,25,30)(H,26,27)(H,28,29)/t19-,20-/m1/s1. The highest BCUT2D eigenvalue weighted by molar-refractivity contribution is 7.81. The fraction of sp³-hybridized carbons (Fsp3) is 0.625. The van der Waals surface area contributed by atoms with Crippen LogP contribution in [0.5, 0.6) is 0 Å². The van der Waals surface area contributed by atoms with Crippen LogP contribution in [-0.4, -0.2) is 39.7 Å². The summed E-state index contributed by atoms with van der Waals surface area (Å²) < 4.78 is 0. The average molecular weight is 447 g/mol. The maximum atomic E-state index is 13.2. The first-order valence-corrected chi connectivity index (χ1v) is 11.9. The Morgan fingerprint density at radius 2 is 1.71 bits per heavy atom. The molecule has 1 aromatic carbocycles. The number of fused-ring (bicyclic) bond motifs is 1. The Morgan fingerprint density at radius 3 is 2.32 bits per heavy atom. The van der Waals surface area contributed by atoms with Crippen LogP contribution in [0, 0.1) is 5.92 Å². The van der Waals surface area contributed by atoms with Gasteiger partial charge in [0.25, 0.3) is 0 Å². The van der Waals surface area contributed by atoms with Crippen LogP contribution in [-0.2, 0) is 33.6 Å². The third-order valence-corrected chi connectivity index (χ3v) is 7.44. The molecule has 0 unspecified atom stereocenters. The van der Waals surface area contributed by atoms with Gasteiger partial charge in [0.1, 0.15) is 11.6 Å². The van der Waals surface area contributed by atoms with E-state index in [2.05, 4.69) is 35.4 Å². The van der Waals surface area contributed by atoms with Crippen molar-refractivity contribution in [2.75, 3.05) is 0 Å². The molecule has 0 heterocycles. The number of hydrogen-bond donors (Lipinski definition) is 4. The predicted octanol–water partition coefficient (Wildman–Crippen LogP) is 3.06. The minimum atomic E-state index is -1.07. The Labute approximate surface area is 190 Å². The van der Waals surface area contributed by atoms with Gasteiger partial charge in [-0.2, -0.15) is 12.6 Å². The van der Waals surface area contributed by atoms with E-state index in [1.807, 2.05) is 19.9 Å². The summed E-state index contributed by atoms with van der Waals surface area (Å²) >= 11 is 4.37. The molecule has 0 spiro atoms. The number of nitrogens with one attached hydrogen (secondary N) is 2. The fourth-order valence-electron chi connectivity index (χ4n) is 4.65. The molecule has 3 N–H and O–H groups in total. The lowest BCUT2D eigenvalue weighted by molar-refractivity contribution is -0.143. The van der Waals surface area contributed by atoms with Gasteiger partial charge in [-0.3, -0.25) is 9.59 Å². The minimum absolute atomic E-state index is 0.0284. The monoisotopic (exact) mass is 446 g/mol. The minimum Gasteiger partial charge on any atom is -0.480 e. The number of carbonyl (C=O) groups excluding carboxylic acids is 2. The Kier molecular flexibility index (Phi) is 7.68. The Hall–Kier alpha value is -2.02. The first-order chi connectivity index (χ1) is 14.7. The molecule has 1 fully saturated rings. The maximum Gasteiger partial charge on any atom is 0.326 e.